The smallest absolute Gasteiger partial charge is 0.286 e. The molecule has 1 saturated heterocycles. The number of hydrogen-bond acceptors (Lipinski definition) is 7. The molecule has 1 atom stereocenters. The highest BCUT2D eigenvalue weighted by Gasteiger charge is 2.35. The zero-order valence-electron chi connectivity index (χ0n) is 16.9. The minimum absolute atomic E-state index is 0.140. The van der Waals surface area contributed by atoms with Crippen molar-refractivity contribution in [3.63, 3.8) is 0 Å². The number of hydrogen-bond donors (Lipinski definition) is 2. The molecule has 12 heteroatoms. The van der Waals surface area contributed by atoms with Gasteiger partial charge in [-0.1, -0.05) is 17.4 Å². The Balaban J connectivity index is 1.49. The lowest BCUT2D eigenvalue weighted by Gasteiger charge is -2.30. The van der Waals surface area contributed by atoms with Crippen molar-refractivity contribution in [3.8, 4) is 0 Å². The van der Waals surface area contributed by atoms with Gasteiger partial charge in [0.05, 0.1) is 11.4 Å². The van der Waals surface area contributed by atoms with Crippen molar-refractivity contribution in [2.75, 3.05) is 18.4 Å². The molecule has 0 radical (unpaired) electrons. The molecule has 3 aromatic rings. The number of aromatic amines is 1. The van der Waals surface area contributed by atoms with Gasteiger partial charge in [0, 0.05) is 24.7 Å². The van der Waals surface area contributed by atoms with E-state index in [1.807, 2.05) is 0 Å². The van der Waals surface area contributed by atoms with Crippen LogP contribution in [-0.2, 0) is 10.0 Å². The number of sulfonamides is 1. The third kappa shape index (κ3) is 4.36. The van der Waals surface area contributed by atoms with Crippen LogP contribution in [0.1, 0.15) is 45.0 Å². The Morgan fingerprint density at radius 2 is 2.13 bits per heavy atom. The van der Waals surface area contributed by atoms with Crippen LogP contribution in [0.25, 0.3) is 0 Å². The first-order valence-corrected chi connectivity index (χ1v) is 11.9. The Kier molecular flexibility index (Phi) is 5.86. The highest BCUT2D eigenvalue weighted by Crippen LogP contribution is 2.33. The molecule has 3 heterocycles. The van der Waals surface area contributed by atoms with E-state index in [4.69, 9.17) is 0 Å². The number of nitrogens with one attached hydrogen (secondary N) is 2. The van der Waals surface area contributed by atoms with E-state index in [-0.39, 0.29) is 22.4 Å². The molecule has 4 rings (SSSR count). The van der Waals surface area contributed by atoms with Gasteiger partial charge in [-0.15, -0.1) is 10.2 Å². The number of carbonyl (C=O) groups is 1. The third-order valence-electron chi connectivity index (χ3n) is 5.11. The van der Waals surface area contributed by atoms with E-state index in [1.54, 1.807) is 19.9 Å². The Hall–Kier alpha value is -2.70. The maximum absolute atomic E-state index is 13.3. The Labute approximate surface area is 182 Å². The first-order chi connectivity index (χ1) is 14.8. The average molecular weight is 465 g/mol. The van der Waals surface area contributed by atoms with Gasteiger partial charge in [0.1, 0.15) is 15.7 Å². The summed E-state index contributed by atoms with van der Waals surface area (Å²) >= 11 is 1.12. The summed E-state index contributed by atoms with van der Waals surface area (Å²) in [4.78, 5) is 12.6. The predicted molar refractivity (Wildman–Crippen MR) is 113 cm³/mol. The van der Waals surface area contributed by atoms with Crippen LogP contribution in [0.15, 0.2) is 29.2 Å². The van der Waals surface area contributed by atoms with E-state index in [0.717, 1.165) is 17.8 Å². The van der Waals surface area contributed by atoms with Crippen LogP contribution in [0.5, 0.6) is 0 Å². The van der Waals surface area contributed by atoms with Crippen molar-refractivity contribution in [2.45, 2.75) is 37.5 Å². The number of halogens is 1. The highest BCUT2D eigenvalue weighted by molar-refractivity contribution is 7.89. The second-order valence-electron chi connectivity index (χ2n) is 7.38. The normalized spacial score (nSPS) is 17.6. The minimum atomic E-state index is -3.69. The molecule has 0 saturated carbocycles. The number of anilines is 1. The van der Waals surface area contributed by atoms with Gasteiger partial charge in [-0.05, 0) is 44.9 Å². The fourth-order valence-electron chi connectivity index (χ4n) is 3.65. The summed E-state index contributed by atoms with van der Waals surface area (Å²) in [6, 6.07) is 5.57. The molecule has 1 fully saturated rings. The van der Waals surface area contributed by atoms with Gasteiger partial charge in [0.15, 0.2) is 0 Å². The molecule has 1 aliphatic heterocycles. The number of piperidine rings is 1. The van der Waals surface area contributed by atoms with Crippen LogP contribution in [0, 0.1) is 19.7 Å². The van der Waals surface area contributed by atoms with Crippen molar-refractivity contribution < 1.29 is 17.6 Å². The van der Waals surface area contributed by atoms with Crippen LogP contribution >= 0.6 is 11.3 Å². The number of rotatable bonds is 5. The molecule has 0 unspecified atom stereocenters. The first kappa shape index (κ1) is 21.5. The third-order valence-corrected chi connectivity index (χ3v) is 8.32. The molecule has 164 valence electrons. The van der Waals surface area contributed by atoms with Crippen molar-refractivity contribution in [3.05, 3.63) is 51.5 Å². The zero-order chi connectivity index (χ0) is 22.2. The van der Waals surface area contributed by atoms with Gasteiger partial charge < -0.3 is 5.32 Å². The Morgan fingerprint density at radius 1 is 1.32 bits per heavy atom. The monoisotopic (exact) mass is 464 g/mol. The van der Waals surface area contributed by atoms with Crippen molar-refractivity contribution in [1.82, 2.24) is 24.7 Å². The largest absolute Gasteiger partial charge is 0.320 e. The van der Waals surface area contributed by atoms with Crippen LogP contribution < -0.4 is 5.32 Å². The molecule has 9 nitrogen and oxygen atoms in total. The summed E-state index contributed by atoms with van der Waals surface area (Å²) in [5.74, 6) is -1.11. The summed E-state index contributed by atoms with van der Waals surface area (Å²) < 4.78 is 41.1. The van der Waals surface area contributed by atoms with E-state index >= 15 is 0 Å². The first-order valence-electron chi connectivity index (χ1n) is 9.67. The van der Waals surface area contributed by atoms with E-state index in [0.29, 0.717) is 35.0 Å². The number of benzene rings is 1. The standard InChI is InChI=1S/C19H21FN6O3S2/c1-11-16(12(2)23-22-11)31(28,29)26-8-4-5-13(10-26)18-24-25-19(30-18)17(27)21-15-7-3-6-14(20)9-15/h3,6-7,9,13H,4-5,8,10H2,1-2H3,(H,21,27)(H,22,23)/t13-/m0/s1. The molecule has 0 aliphatic carbocycles. The Morgan fingerprint density at radius 3 is 2.84 bits per heavy atom. The van der Waals surface area contributed by atoms with Crippen molar-refractivity contribution in [1.29, 1.82) is 0 Å². The quantitative estimate of drug-likeness (QED) is 0.599. The number of aromatic nitrogens is 4. The van der Waals surface area contributed by atoms with Gasteiger partial charge in [-0.2, -0.15) is 9.40 Å². The summed E-state index contributed by atoms with van der Waals surface area (Å²) in [5, 5.41) is 18.1. The van der Waals surface area contributed by atoms with Gasteiger partial charge in [-0.25, -0.2) is 12.8 Å². The van der Waals surface area contributed by atoms with Crippen LogP contribution in [0.4, 0.5) is 10.1 Å². The molecule has 1 aliphatic rings. The summed E-state index contributed by atoms with van der Waals surface area (Å²) in [6.45, 7) is 4.01. The van der Waals surface area contributed by atoms with Crippen LogP contribution in [0.2, 0.25) is 0 Å². The second kappa shape index (κ2) is 8.44. The summed E-state index contributed by atoms with van der Waals surface area (Å²) in [7, 11) is -3.69. The summed E-state index contributed by atoms with van der Waals surface area (Å²) in [6.07, 6.45) is 1.42. The number of H-pyrrole nitrogens is 1. The van der Waals surface area contributed by atoms with E-state index in [1.165, 1.54) is 22.5 Å². The zero-order valence-corrected chi connectivity index (χ0v) is 18.6. The van der Waals surface area contributed by atoms with E-state index in [9.17, 15) is 17.6 Å². The fourth-order valence-corrected chi connectivity index (χ4v) is 6.37. The number of amides is 1. The fraction of sp³-hybridized carbons (Fsp3) is 0.368. The lowest BCUT2D eigenvalue weighted by molar-refractivity contribution is 0.102. The SMILES string of the molecule is Cc1n[nH]c(C)c1S(=O)(=O)N1CCC[C@H](c2nnc(C(=O)Nc3cccc(F)c3)s2)C1. The molecule has 2 N–H and O–H groups in total. The molecule has 1 amide bonds. The minimum Gasteiger partial charge on any atom is -0.320 e. The van der Waals surface area contributed by atoms with Gasteiger partial charge in [0.25, 0.3) is 5.91 Å². The van der Waals surface area contributed by atoms with E-state index < -0.39 is 21.7 Å². The van der Waals surface area contributed by atoms with Crippen molar-refractivity contribution in [2.24, 2.45) is 0 Å². The second-order valence-corrected chi connectivity index (χ2v) is 10.3. The molecule has 1 aromatic carbocycles. The highest BCUT2D eigenvalue weighted by atomic mass is 32.2. The van der Waals surface area contributed by atoms with Crippen LogP contribution in [0.3, 0.4) is 0 Å². The number of nitrogens with zero attached hydrogens (tertiary/aromatic N) is 4. The predicted octanol–water partition coefficient (Wildman–Crippen LogP) is 2.84. The lowest BCUT2D eigenvalue weighted by atomic mass is 10.0. The Bertz CT molecular complexity index is 1200. The number of aryl methyl sites for hydroxylation is 2. The summed E-state index contributed by atoms with van der Waals surface area (Å²) in [5.41, 5.74) is 1.27. The molecule has 0 bridgehead atoms. The molecular formula is C19H21FN6O3S2. The maximum Gasteiger partial charge on any atom is 0.286 e. The van der Waals surface area contributed by atoms with Gasteiger partial charge >= 0.3 is 0 Å². The maximum atomic E-state index is 13.3. The van der Waals surface area contributed by atoms with E-state index in [2.05, 4.69) is 25.7 Å². The number of carbonyl (C=O) groups excluding carboxylic acids is 1. The topological polar surface area (TPSA) is 121 Å². The molecular weight excluding hydrogens is 443 g/mol. The van der Waals surface area contributed by atoms with Crippen molar-refractivity contribution >= 4 is 33.0 Å². The molecule has 2 aromatic heterocycles. The lowest BCUT2D eigenvalue weighted by Crippen LogP contribution is -2.39. The van der Waals surface area contributed by atoms with Crippen LogP contribution in [-0.4, -0.2) is 52.1 Å². The molecule has 31 heavy (non-hydrogen) atoms. The average Bonchev–Trinajstić information content (AvgIpc) is 3.35. The van der Waals surface area contributed by atoms with Gasteiger partial charge in [0.2, 0.25) is 15.0 Å². The van der Waals surface area contributed by atoms with Gasteiger partial charge in [-0.3, -0.25) is 9.89 Å². The molecule has 0 spiro atoms.